The fraction of sp³-hybridized carbons (Fsp3) is 0.111. The zero-order valence-corrected chi connectivity index (χ0v) is 8.53. The highest BCUT2D eigenvalue weighted by atomic mass is 32.2. The summed E-state index contributed by atoms with van der Waals surface area (Å²) in [6.45, 7) is 0. The van der Waals surface area contributed by atoms with Gasteiger partial charge in [-0.15, -0.1) is 0 Å². The van der Waals surface area contributed by atoms with Gasteiger partial charge in [-0.25, -0.2) is 17.2 Å². The van der Waals surface area contributed by atoms with Crippen molar-refractivity contribution < 1.29 is 17.2 Å². The van der Waals surface area contributed by atoms with Crippen LogP contribution in [0.25, 0.3) is 10.9 Å². The van der Waals surface area contributed by atoms with E-state index in [1.54, 1.807) is 0 Å². The Morgan fingerprint density at radius 1 is 1.33 bits per heavy atom. The normalized spacial score (nSPS) is 12.2. The van der Waals surface area contributed by atoms with Crippen LogP contribution in [0.3, 0.4) is 0 Å². The lowest BCUT2D eigenvalue weighted by molar-refractivity contribution is 0.566. The molecule has 15 heavy (non-hydrogen) atoms. The van der Waals surface area contributed by atoms with Crippen molar-refractivity contribution in [3.05, 3.63) is 30.0 Å². The number of H-pyrrole nitrogens is 1. The fourth-order valence-corrected chi connectivity index (χ4v) is 2.16. The molecule has 0 saturated carbocycles. The van der Waals surface area contributed by atoms with E-state index in [2.05, 4.69) is 4.98 Å². The molecule has 2 aromatic rings. The molecule has 2 rings (SSSR count). The van der Waals surface area contributed by atoms with Gasteiger partial charge in [-0.05, 0) is 12.1 Å². The summed E-state index contributed by atoms with van der Waals surface area (Å²) >= 11 is 0. The van der Waals surface area contributed by atoms with Gasteiger partial charge in [0, 0.05) is 17.8 Å². The largest absolute Gasteiger partial charge is 0.359 e. The van der Waals surface area contributed by atoms with E-state index in [0.717, 1.165) is 6.26 Å². The maximum atomic E-state index is 13.6. The highest BCUT2D eigenvalue weighted by molar-refractivity contribution is 7.90. The number of rotatable bonds is 1. The average molecular weight is 231 g/mol. The van der Waals surface area contributed by atoms with Crippen molar-refractivity contribution in [2.24, 2.45) is 0 Å². The molecule has 1 aromatic heterocycles. The van der Waals surface area contributed by atoms with Crippen LogP contribution in [0.5, 0.6) is 0 Å². The van der Waals surface area contributed by atoms with Crippen molar-refractivity contribution in [1.29, 1.82) is 0 Å². The summed E-state index contributed by atoms with van der Waals surface area (Å²) in [5.41, 5.74) is -0.0279. The molecule has 0 unspecified atom stereocenters. The third-order valence-corrected chi connectivity index (χ3v) is 3.19. The zero-order chi connectivity index (χ0) is 11.2. The predicted molar refractivity (Wildman–Crippen MR) is 51.3 cm³/mol. The second kappa shape index (κ2) is 3.03. The molecule has 1 N–H and O–H groups in total. The minimum absolute atomic E-state index is 0.0279. The summed E-state index contributed by atoms with van der Waals surface area (Å²) in [7, 11) is -3.75. The molecule has 0 aliphatic carbocycles. The van der Waals surface area contributed by atoms with Gasteiger partial charge in [0.2, 0.25) is 0 Å². The van der Waals surface area contributed by atoms with Crippen molar-refractivity contribution in [1.82, 2.24) is 4.98 Å². The molecule has 0 spiro atoms. The molecule has 3 nitrogen and oxygen atoms in total. The van der Waals surface area contributed by atoms with Crippen LogP contribution in [0, 0.1) is 11.6 Å². The van der Waals surface area contributed by atoms with Gasteiger partial charge in [0.15, 0.2) is 15.7 Å². The van der Waals surface area contributed by atoms with Crippen molar-refractivity contribution in [3.8, 4) is 0 Å². The molecule has 0 aliphatic rings. The Hall–Kier alpha value is -1.43. The molecule has 6 heteroatoms. The van der Waals surface area contributed by atoms with Crippen LogP contribution in [0.1, 0.15) is 0 Å². The molecule has 0 saturated heterocycles. The van der Waals surface area contributed by atoms with Crippen LogP contribution >= 0.6 is 0 Å². The van der Waals surface area contributed by atoms with Crippen LogP contribution < -0.4 is 0 Å². The van der Waals surface area contributed by atoms with E-state index in [1.807, 2.05) is 0 Å². The number of fused-ring (bicyclic) bond motifs is 1. The highest BCUT2D eigenvalue weighted by Crippen LogP contribution is 2.25. The Balaban J connectivity index is 2.95. The summed E-state index contributed by atoms with van der Waals surface area (Å²) in [6.07, 6.45) is 2.19. The molecule has 0 amide bonds. The van der Waals surface area contributed by atoms with Gasteiger partial charge < -0.3 is 4.98 Å². The standard InChI is InChI=1S/C9H7F2NO2S/c1-15(13,14)7-4-6(10)9-5(8(7)11)2-3-12-9/h2-4,12H,1H3. The Labute approximate surface area is 84.6 Å². The monoisotopic (exact) mass is 231 g/mol. The van der Waals surface area contributed by atoms with Gasteiger partial charge in [0.05, 0.1) is 5.52 Å². The number of benzene rings is 1. The van der Waals surface area contributed by atoms with Gasteiger partial charge in [-0.1, -0.05) is 0 Å². The van der Waals surface area contributed by atoms with E-state index in [1.165, 1.54) is 12.3 Å². The smallest absolute Gasteiger partial charge is 0.178 e. The lowest BCUT2D eigenvalue weighted by Gasteiger charge is -2.02. The minimum Gasteiger partial charge on any atom is -0.359 e. The topological polar surface area (TPSA) is 49.9 Å². The minimum atomic E-state index is -3.75. The first-order chi connectivity index (χ1) is 6.91. The Morgan fingerprint density at radius 2 is 2.00 bits per heavy atom. The van der Waals surface area contributed by atoms with Crippen LogP contribution in [-0.2, 0) is 9.84 Å². The van der Waals surface area contributed by atoms with Gasteiger partial charge >= 0.3 is 0 Å². The molecule has 0 aliphatic heterocycles. The molecule has 1 heterocycles. The molecule has 80 valence electrons. The molecule has 1 aromatic carbocycles. The van der Waals surface area contributed by atoms with Crippen LogP contribution in [-0.4, -0.2) is 19.7 Å². The van der Waals surface area contributed by atoms with Gasteiger partial charge in [-0.3, -0.25) is 0 Å². The third-order valence-electron chi connectivity index (χ3n) is 2.10. The van der Waals surface area contributed by atoms with Crippen molar-refractivity contribution in [2.45, 2.75) is 4.90 Å². The SMILES string of the molecule is CS(=O)(=O)c1cc(F)c2[nH]ccc2c1F. The summed E-state index contributed by atoms with van der Waals surface area (Å²) in [4.78, 5) is 1.88. The van der Waals surface area contributed by atoms with E-state index in [0.29, 0.717) is 6.07 Å². The predicted octanol–water partition coefficient (Wildman–Crippen LogP) is 1.85. The van der Waals surface area contributed by atoms with E-state index < -0.39 is 26.4 Å². The van der Waals surface area contributed by atoms with Crippen LogP contribution in [0.2, 0.25) is 0 Å². The average Bonchev–Trinajstić information content (AvgIpc) is 2.58. The summed E-state index contributed by atoms with van der Waals surface area (Å²) in [6, 6.07) is 1.98. The van der Waals surface area contributed by atoms with Crippen molar-refractivity contribution in [2.75, 3.05) is 6.26 Å². The first-order valence-electron chi connectivity index (χ1n) is 4.06. The van der Waals surface area contributed by atoms with Crippen molar-refractivity contribution >= 4 is 20.7 Å². The maximum absolute atomic E-state index is 13.6. The molecule has 0 fully saturated rings. The first kappa shape index (κ1) is 10.1. The second-order valence-electron chi connectivity index (χ2n) is 3.21. The molecular weight excluding hydrogens is 224 g/mol. The first-order valence-corrected chi connectivity index (χ1v) is 5.95. The summed E-state index contributed by atoms with van der Waals surface area (Å²) in [5, 5.41) is -0.0598. The second-order valence-corrected chi connectivity index (χ2v) is 5.19. The lowest BCUT2D eigenvalue weighted by atomic mass is 10.2. The molecule has 0 radical (unpaired) electrons. The van der Waals surface area contributed by atoms with E-state index in [4.69, 9.17) is 0 Å². The lowest BCUT2D eigenvalue weighted by Crippen LogP contribution is -2.02. The number of sulfone groups is 1. The highest BCUT2D eigenvalue weighted by Gasteiger charge is 2.19. The molecule has 0 atom stereocenters. The van der Waals surface area contributed by atoms with Crippen molar-refractivity contribution in [3.63, 3.8) is 0 Å². The van der Waals surface area contributed by atoms with E-state index >= 15 is 0 Å². The number of nitrogens with one attached hydrogen (secondary N) is 1. The van der Waals surface area contributed by atoms with E-state index in [9.17, 15) is 17.2 Å². The molecular formula is C9H7F2NO2S. The Kier molecular flexibility index (Phi) is 2.04. The van der Waals surface area contributed by atoms with E-state index in [-0.39, 0.29) is 10.9 Å². The van der Waals surface area contributed by atoms with Crippen LogP contribution in [0.15, 0.2) is 23.2 Å². The summed E-state index contributed by atoms with van der Waals surface area (Å²) < 4.78 is 49.2. The maximum Gasteiger partial charge on any atom is 0.178 e. The van der Waals surface area contributed by atoms with Gasteiger partial charge in [0.25, 0.3) is 0 Å². The third kappa shape index (κ3) is 1.50. The summed E-state index contributed by atoms with van der Waals surface area (Å²) in [5.74, 6) is -1.70. The van der Waals surface area contributed by atoms with Gasteiger partial charge in [-0.2, -0.15) is 0 Å². The number of halogens is 2. The number of aromatic amines is 1. The molecule has 0 bridgehead atoms. The number of hydrogen-bond donors (Lipinski definition) is 1. The van der Waals surface area contributed by atoms with Gasteiger partial charge in [0.1, 0.15) is 10.7 Å². The Bertz CT molecular complexity index is 631. The Morgan fingerprint density at radius 3 is 2.60 bits per heavy atom. The quantitative estimate of drug-likeness (QED) is 0.814. The van der Waals surface area contributed by atoms with Crippen LogP contribution in [0.4, 0.5) is 8.78 Å². The number of hydrogen-bond acceptors (Lipinski definition) is 2. The number of aromatic nitrogens is 1. The zero-order valence-electron chi connectivity index (χ0n) is 7.71. The fourth-order valence-electron chi connectivity index (χ4n) is 1.40.